The Kier molecular flexibility index (Phi) is 10.7. The van der Waals surface area contributed by atoms with Crippen molar-refractivity contribution in [1.82, 2.24) is 25.9 Å². The number of ether oxygens (including phenoxy) is 1. The van der Waals surface area contributed by atoms with E-state index in [9.17, 15) is 27.2 Å². The first kappa shape index (κ1) is 37.5. The molecule has 0 aliphatic carbocycles. The molecule has 0 fully saturated rings. The van der Waals surface area contributed by atoms with E-state index in [1.165, 1.54) is 44.5 Å². The molecule has 6 rings (SSSR count). The Bertz CT molecular complexity index is 2450. The normalized spacial score (nSPS) is 12.1. The Labute approximate surface area is 309 Å². The summed E-state index contributed by atoms with van der Waals surface area (Å²) in [7, 11) is -1.40. The minimum absolute atomic E-state index is 0.145. The molecule has 0 spiro atoms. The van der Waals surface area contributed by atoms with Crippen LogP contribution in [0.2, 0.25) is 0 Å². The number of nitrogens with zero attached hydrogens (tertiary/aromatic N) is 3. The van der Waals surface area contributed by atoms with E-state index < -0.39 is 39.8 Å². The Morgan fingerprint density at radius 1 is 0.944 bits per heavy atom. The van der Waals surface area contributed by atoms with Gasteiger partial charge in [-0.2, -0.15) is 4.98 Å². The fourth-order valence-electron chi connectivity index (χ4n) is 6.01. The standard InChI is InChI=1S/C38H37FN6O8S/c1-21(2)32(43-38(48)51-4)36(47)42-16-17-45(54(5,49)50)28-20-30-27(31(35(46)40-3)33(52-30)22-11-13-25(39)14-12-22)19-26(28)23-8-6-9-24(18-23)37-44-34-29(53-37)10-7-15-41-34/h6-15,18-21,32H,16-17H2,1-5H3,(H,40,46)(H,42,47)(H,43,48)/t32-/m0/s1. The molecule has 3 heterocycles. The number of alkyl carbamates (subject to hydrolysis) is 1. The molecule has 0 saturated heterocycles. The topological polar surface area (TPSA) is 186 Å². The van der Waals surface area contributed by atoms with E-state index >= 15 is 0 Å². The van der Waals surface area contributed by atoms with Gasteiger partial charge in [0.15, 0.2) is 11.2 Å². The lowest BCUT2D eigenvalue weighted by Crippen LogP contribution is -2.51. The van der Waals surface area contributed by atoms with Crippen LogP contribution < -0.4 is 20.3 Å². The highest BCUT2D eigenvalue weighted by Crippen LogP contribution is 2.42. The second kappa shape index (κ2) is 15.4. The number of methoxy groups -OCH3 is 1. The minimum Gasteiger partial charge on any atom is -0.455 e. The lowest BCUT2D eigenvalue weighted by atomic mass is 9.97. The summed E-state index contributed by atoms with van der Waals surface area (Å²) in [5, 5.41) is 8.21. The van der Waals surface area contributed by atoms with Crippen molar-refractivity contribution in [3.63, 3.8) is 0 Å². The zero-order chi connectivity index (χ0) is 38.7. The van der Waals surface area contributed by atoms with Crippen molar-refractivity contribution in [3.05, 3.63) is 90.4 Å². The number of amides is 3. The van der Waals surface area contributed by atoms with Crippen LogP contribution in [0.15, 0.2) is 87.8 Å². The molecule has 280 valence electrons. The second-order valence-corrected chi connectivity index (χ2v) is 14.6. The number of hydrogen-bond donors (Lipinski definition) is 3. The van der Waals surface area contributed by atoms with Crippen LogP contribution in [0.4, 0.5) is 14.9 Å². The van der Waals surface area contributed by atoms with Gasteiger partial charge in [-0.05, 0) is 66.1 Å². The minimum atomic E-state index is -4.04. The summed E-state index contributed by atoms with van der Waals surface area (Å²) in [6.07, 6.45) is 1.84. The van der Waals surface area contributed by atoms with Crippen LogP contribution in [0.25, 0.3) is 56.1 Å². The number of pyridine rings is 1. The predicted octanol–water partition coefficient (Wildman–Crippen LogP) is 5.73. The molecule has 3 amide bonds. The Morgan fingerprint density at radius 3 is 2.35 bits per heavy atom. The molecule has 3 aromatic heterocycles. The average Bonchev–Trinajstić information content (AvgIpc) is 3.76. The Hall–Kier alpha value is -6.29. The number of anilines is 1. The highest BCUT2D eigenvalue weighted by Gasteiger charge is 2.29. The van der Waals surface area contributed by atoms with Crippen molar-refractivity contribution >= 4 is 55.8 Å². The number of sulfonamides is 1. The van der Waals surface area contributed by atoms with Gasteiger partial charge in [-0.1, -0.05) is 26.0 Å². The van der Waals surface area contributed by atoms with Crippen LogP contribution in [0.1, 0.15) is 24.2 Å². The molecule has 3 aromatic carbocycles. The van der Waals surface area contributed by atoms with Gasteiger partial charge in [0.25, 0.3) is 5.91 Å². The number of furan rings is 1. The van der Waals surface area contributed by atoms with Crippen LogP contribution in [-0.4, -0.2) is 75.8 Å². The summed E-state index contributed by atoms with van der Waals surface area (Å²) in [4.78, 5) is 47.2. The maximum Gasteiger partial charge on any atom is 0.407 e. The Morgan fingerprint density at radius 2 is 1.69 bits per heavy atom. The number of oxazole rings is 1. The Balaban J connectivity index is 1.50. The summed E-state index contributed by atoms with van der Waals surface area (Å²) >= 11 is 0. The van der Waals surface area contributed by atoms with Gasteiger partial charge in [0.05, 0.1) is 31.2 Å². The summed E-state index contributed by atoms with van der Waals surface area (Å²) in [5.74, 6) is -1.38. The third-order valence-corrected chi connectivity index (χ3v) is 9.82. The first-order chi connectivity index (χ1) is 25.8. The molecule has 0 radical (unpaired) electrons. The van der Waals surface area contributed by atoms with E-state index in [1.54, 1.807) is 62.5 Å². The van der Waals surface area contributed by atoms with Crippen molar-refractivity contribution in [3.8, 4) is 33.9 Å². The third-order valence-electron chi connectivity index (χ3n) is 8.64. The van der Waals surface area contributed by atoms with E-state index in [4.69, 9.17) is 8.83 Å². The molecule has 0 aliphatic heterocycles. The number of nitrogens with one attached hydrogen (secondary N) is 3. The third kappa shape index (κ3) is 7.73. The van der Waals surface area contributed by atoms with Gasteiger partial charge in [0, 0.05) is 47.9 Å². The summed E-state index contributed by atoms with van der Waals surface area (Å²) < 4.78 is 59.1. The number of fused-ring (bicyclic) bond motifs is 2. The molecular weight excluding hydrogens is 720 g/mol. The van der Waals surface area contributed by atoms with Gasteiger partial charge in [-0.3, -0.25) is 13.9 Å². The number of benzene rings is 3. The van der Waals surface area contributed by atoms with Crippen molar-refractivity contribution in [2.45, 2.75) is 19.9 Å². The number of carbonyl (C=O) groups is 3. The van der Waals surface area contributed by atoms with Crippen LogP contribution in [0.3, 0.4) is 0 Å². The van der Waals surface area contributed by atoms with Crippen LogP contribution >= 0.6 is 0 Å². The van der Waals surface area contributed by atoms with Crippen LogP contribution in [-0.2, 0) is 19.6 Å². The van der Waals surface area contributed by atoms with Gasteiger partial charge in [0.2, 0.25) is 21.8 Å². The quantitative estimate of drug-likeness (QED) is 0.139. The lowest BCUT2D eigenvalue weighted by molar-refractivity contribution is -0.123. The maximum atomic E-state index is 13.9. The SMILES string of the molecule is CNC(=O)c1c(-c2ccc(F)cc2)oc2cc(N(CCNC(=O)[C@@H](NC(=O)OC)C(C)C)S(C)(=O)=O)c(-c3cccc(-c4nc5ncccc5o4)c3)cc12. The molecule has 54 heavy (non-hydrogen) atoms. The number of rotatable bonds is 12. The molecule has 0 aliphatic rings. The molecule has 0 bridgehead atoms. The van der Waals surface area contributed by atoms with Gasteiger partial charge < -0.3 is 29.5 Å². The molecule has 6 aromatic rings. The first-order valence-electron chi connectivity index (χ1n) is 16.8. The van der Waals surface area contributed by atoms with Gasteiger partial charge in [0.1, 0.15) is 23.2 Å². The zero-order valence-electron chi connectivity index (χ0n) is 30.0. The number of hydrogen-bond acceptors (Lipinski definition) is 10. The predicted molar refractivity (Wildman–Crippen MR) is 201 cm³/mol. The van der Waals surface area contributed by atoms with Crippen LogP contribution in [0.5, 0.6) is 0 Å². The van der Waals surface area contributed by atoms with Crippen molar-refractivity contribution in [2.24, 2.45) is 5.92 Å². The smallest absolute Gasteiger partial charge is 0.407 e. The first-order valence-corrected chi connectivity index (χ1v) is 18.6. The molecule has 14 nitrogen and oxygen atoms in total. The second-order valence-electron chi connectivity index (χ2n) is 12.7. The molecule has 0 saturated carbocycles. The van der Waals surface area contributed by atoms with E-state index in [2.05, 4.69) is 30.7 Å². The lowest BCUT2D eigenvalue weighted by Gasteiger charge is -2.26. The van der Waals surface area contributed by atoms with Crippen molar-refractivity contribution in [1.29, 1.82) is 0 Å². The van der Waals surface area contributed by atoms with Gasteiger partial charge in [-0.15, -0.1) is 0 Å². The fraction of sp³-hybridized carbons (Fsp3) is 0.237. The van der Waals surface area contributed by atoms with E-state index in [-0.39, 0.29) is 47.5 Å². The summed E-state index contributed by atoms with van der Waals surface area (Å²) in [5.41, 5.74) is 3.30. The number of carbonyl (C=O) groups excluding carboxylic acids is 3. The van der Waals surface area contributed by atoms with Gasteiger partial charge in [-0.25, -0.2) is 22.6 Å². The van der Waals surface area contributed by atoms with E-state index in [0.29, 0.717) is 38.9 Å². The largest absolute Gasteiger partial charge is 0.455 e. The highest BCUT2D eigenvalue weighted by atomic mass is 32.2. The molecule has 16 heteroatoms. The molecular formula is C38H37FN6O8S. The van der Waals surface area contributed by atoms with Gasteiger partial charge >= 0.3 is 6.09 Å². The monoisotopic (exact) mass is 756 g/mol. The molecule has 1 atom stereocenters. The molecule has 3 N–H and O–H groups in total. The van der Waals surface area contributed by atoms with E-state index in [0.717, 1.165) is 10.6 Å². The maximum absolute atomic E-state index is 13.9. The van der Waals surface area contributed by atoms with Crippen LogP contribution in [0, 0.1) is 11.7 Å². The van der Waals surface area contributed by atoms with Crippen molar-refractivity contribution < 1.29 is 40.8 Å². The fourth-order valence-corrected chi connectivity index (χ4v) is 6.94. The number of aromatic nitrogens is 2. The molecule has 0 unspecified atom stereocenters. The van der Waals surface area contributed by atoms with E-state index in [1.807, 2.05) is 0 Å². The highest BCUT2D eigenvalue weighted by molar-refractivity contribution is 7.92. The summed E-state index contributed by atoms with van der Waals surface area (Å²) in [6.45, 7) is 3.11. The summed E-state index contributed by atoms with van der Waals surface area (Å²) in [6, 6.07) is 18.2. The van der Waals surface area contributed by atoms with Crippen molar-refractivity contribution in [2.75, 3.05) is 37.8 Å². The number of halogens is 1. The average molecular weight is 757 g/mol. The zero-order valence-corrected chi connectivity index (χ0v) is 30.8.